The Hall–Kier alpha value is -0.813. The molecule has 0 unspecified atom stereocenters. The minimum absolute atomic E-state index is 0.508. The summed E-state index contributed by atoms with van der Waals surface area (Å²) in [6.45, 7) is 8.35. The van der Waals surface area contributed by atoms with E-state index in [0.29, 0.717) is 12.6 Å². The van der Waals surface area contributed by atoms with E-state index in [1.807, 2.05) is 12.3 Å². The lowest BCUT2D eigenvalue weighted by atomic mass is 10.7. The first kappa shape index (κ1) is 12.3. The Morgan fingerprint density at radius 3 is 2.67 bits per heavy atom. The molecule has 0 saturated heterocycles. The number of ether oxygens (including phenoxy) is 2. The fourth-order valence-corrected chi connectivity index (χ4v) is 1.82. The van der Waals surface area contributed by atoms with Gasteiger partial charge in [0.25, 0.3) is 0 Å². The molecule has 0 aliphatic heterocycles. The van der Waals surface area contributed by atoms with Crippen molar-refractivity contribution in [3.8, 4) is 5.88 Å². The van der Waals surface area contributed by atoms with Crippen molar-refractivity contribution in [2.24, 2.45) is 0 Å². The summed E-state index contributed by atoms with van der Waals surface area (Å²) >= 11 is 0. The second-order valence-corrected chi connectivity index (χ2v) is 10.4. The highest BCUT2D eigenvalue weighted by Gasteiger charge is 2.11. The van der Waals surface area contributed by atoms with Crippen molar-refractivity contribution < 1.29 is 9.47 Å². The molecule has 1 heterocycles. The zero-order chi connectivity index (χ0) is 11.3. The molecule has 0 N–H and O–H groups in total. The lowest BCUT2D eigenvalue weighted by Gasteiger charge is -2.15. The molecule has 0 amide bonds. The van der Waals surface area contributed by atoms with E-state index in [1.165, 1.54) is 6.04 Å². The van der Waals surface area contributed by atoms with Crippen LogP contribution in [-0.2, 0) is 11.5 Å². The number of hydrogen-bond acceptors (Lipinski definition) is 3. The predicted octanol–water partition coefficient (Wildman–Crippen LogP) is 2.20. The summed E-state index contributed by atoms with van der Waals surface area (Å²) in [5.74, 6) is 0.629. The van der Waals surface area contributed by atoms with Crippen LogP contribution >= 0.6 is 0 Å². The summed E-state index contributed by atoms with van der Waals surface area (Å²) < 4.78 is 12.2. The smallest absolute Gasteiger partial charge is 0.232 e. The summed E-state index contributed by atoms with van der Waals surface area (Å²) in [5.41, 5.74) is 0. The zero-order valence-electron chi connectivity index (χ0n) is 9.99. The van der Waals surface area contributed by atoms with Crippen LogP contribution in [0.15, 0.2) is 12.3 Å². The molecule has 5 heteroatoms. The lowest BCUT2D eigenvalue weighted by Crippen LogP contribution is -2.22. The molecule has 0 spiro atoms. The fraction of sp³-hybridized carbons (Fsp3) is 0.700. The van der Waals surface area contributed by atoms with Gasteiger partial charge in [0, 0.05) is 26.9 Å². The van der Waals surface area contributed by atoms with Gasteiger partial charge in [-0.2, -0.15) is 0 Å². The van der Waals surface area contributed by atoms with Crippen molar-refractivity contribution in [1.82, 2.24) is 9.78 Å². The number of rotatable bonds is 6. The van der Waals surface area contributed by atoms with E-state index in [0.717, 1.165) is 6.61 Å². The predicted molar refractivity (Wildman–Crippen MR) is 62.9 cm³/mol. The van der Waals surface area contributed by atoms with Gasteiger partial charge in [-0.05, 0) is 6.04 Å². The fourth-order valence-electron chi connectivity index (χ4n) is 1.06. The Labute approximate surface area is 92.2 Å². The van der Waals surface area contributed by atoms with Crippen molar-refractivity contribution in [2.75, 3.05) is 13.7 Å². The van der Waals surface area contributed by atoms with E-state index in [2.05, 4.69) is 24.7 Å². The largest absolute Gasteiger partial charge is 0.480 e. The third kappa shape index (κ3) is 4.99. The lowest BCUT2D eigenvalue weighted by molar-refractivity contribution is 0.0777. The SMILES string of the molecule is COc1ccn(COCC[Si](C)(C)C)n1. The molecule has 15 heavy (non-hydrogen) atoms. The Morgan fingerprint density at radius 1 is 1.40 bits per heavy atom. The minimum Gasteiger partial charge on any atom is -0.480 e. The van der Waals surface area contributed by atoms with Gasteiger partial charge in [0.1, 0.15) is 6.73 Å². The number of methoxy groups -OCH3 is 1. The summed E-state index contributed by atoms with van der Waals surface area (Å²) in [6, 6.07) is 3.01. The topological polar surface area (TPSA) is 36.3 Å². The molecular formula is C10H20N2O2Si. The van der Waals surface area contributed by atoms with Crippen molar-refractivity contribution in [2.45, 2.75) is 32.4 Å². The van der Waals surface area contributed by atoms with Crippen molar-refractivity contribution in [3.63, 3.8) is 0 Å². The summed E-state index contributed by atoms with van der Waals surface area (Å²) in [5, 5.41) is 4.14. The average Bonchev–Trinajstić information content (AvgIpc) is 2.59. The Kier molecular flexibility index (Phi) is 4.35. The normalized spacial score (nSPS) is 11.7. The van der Waals surface area contributed by atoms with Gasteiger partial charge in [-0.1, -0.05) is 19.6 Å². The molecule has 0 atom stereocenters. The van der Waals surface area contributed by atoms with Crippen LogP contribution in [-0.4, -0.2) is 31.6 Å². The average molecular weight is 228 g/mol. The molecule has 1 aromatic heterocycles. The molecule has 86 valence electrons. The van der Waals surface area contributed by atoms with Crippen molar-refractivity contribution >= 4 is 8.07 Å². The van der Waals surface area contributed by atoms with E-state index in [9.17, 15) is 0 Å². The van der Waals surface area contributed by atoms with E-state index in [-0.39, 0.29) is 0 Å². The van der Waals surface area contributed by atoms with Crippen LogP contribution in [0.25, 0.3) is 0 Å². The van der Waals surface area contributed by atoms with Crippen molar-refractivity contribution in [1.29, 1.82) is 0 Å². The number of aromatic nitrogens is 2. The molecule has 1 rings (SSSR count). The molecule has 1 aromatic rings. The molecule has 4 nitrogen and oxygen atoms in total. The molecule has 0 radical (unpaired) electrons. The van der Waals surface area contributed by atoms with Crippen LogP contribution in [0, 0.1) is 0 Å². The maximum absolute atomic E-state index is 5.53. The van der Waals surface area contributed by atoms with Gasteiger partial charge < -0.3 is 9.47 Å². The third-order valence-electron chi connectivity index (χ3n) is 2.05. The van der Waals surface area contributed by atoms with E-state index in [1.54, 1.807) is 11.8 Å². The highest BCUT2D eigenvalue weighted by atomic mass is 28.3. The van der Waals surface area contributed by atoms with Crippen LogP contribution in [0.1, 0.15) is 0 Å². The third-order valence-corrected chi connectivity index (χ3v) is 3.75. The standard InChI is InChI=1S/C10H20N2O2Si/c1-13-10-5-6-12(11-10)9-14-7-8-15(2,3)4/h5-6H,7-9H2,1-4H3. The van der Waals surface area contributed by atoms with Gasteiger partial charge in [0.2, 0.25) is 5.88 Å². The van der Waals surface area contributed by atoms with E-state index >= 15 is 0 Å². The Bertz CT molecular complexity index is 294. The highest BCUT2D eigenvalue weighted by Crippen LogP contribution is 2.08. The van der Waals surface area contributed by atoms with E-state index in [4.69, 9.17) is 9.47 Å². The van der Waals surface area contributed by atoms with Gasteiger partial charge in [0.05, 0.1) is 7.11 Å². The van der Waals surface area contributed by atoms with Crippen LogP contribution in [0.2, 0.25) is 25.7 Å². The maximum atomic E-state index is 5.53. The minimum atomic E-state index is -0.976. The first-order valence-electron chi connectivity index (χ1n) is 5.16. The summed E-state index contributed by atoms with van der Waals surface area (Å²) in [4.78, 5) is 0. The Balaban J connectivity index is 2.20. The second-order valence-electron chi connectivity index (χ2n) is 4.75. The second kappa shape index (κ2) is 5.32. The molecule has 0 saturated carbocycles. The highest BCUT2D eigenvalue weighted by molar-refractivity contribution is 6.76. The van der Waals surface area contributed by atoms with Gasteiger partial charge in [0.15, 0.2) is 0 Å². The van der Waals surface area contributed by atoms with Crippen LogP contribution < -0.4 is 4.74 Å². The zero-order valence-corrected chi connectivity index (χ0v) is 11.0. The molecule has 0 fully saturated rings. The van der Waals surface area contributed by atoms with Gasteiger partial charge in [-0.15, -0.1) is 5.10 Å². The molecule has 0 bridgehead atoms. The first-order valence-corrected chi connectivity index (χ1v) is 8.87. The van der Waals surface area contributed by atoms with Gasteiger partial charge >= 0.3 is 0 Å². The molecular weight excluding hydrogens is 208 g/mol. The molecule has 0 aromatic carbocycles. The summed E-state index contributed by atoms with van der Waals surface area (Å²) in [7, 11) is 0.633. The Morgan fingerprint density at radius 2 is 2.13 bits per heavy atom. The van der Waals surface area contributed by atoms with Crippen LogP contribution in [0.4, 0.5) is 0 Å². The monoisotopic (exact) mass is 228 g/mol. The number of nitrogens with zero attached hydrogens (tertiary/aromatic N) is 2. The maximum Gasteiger partial charge on any atom is 0.232 e. The van der Waals surface area contributed by atoms with Gasteiger partial charge in [-0.3, -0.25) is 0 Å². The summed E-state index contributed by atoms with van der Waals surface area (Å²) in [6.07, 6.45) is 1.85. The molecule has 0 aliphatic rings. The quantitative estimate of drug-likeness (QED) is 0.553. The van der Waals surface area contributed by atoms with Crippen molar-refractivity contribution in [3.05, 3.63) is 12.3 Å². The van der Waals surface area contributed by atoms with Crippen LogP contribution in [0.5, 0.6) is 5.88 Å². The number of hydrogen-bond donors (Lipinski definition) is 0. The van der Waals surface area contributed by atoms with Gasteiger partial charge in [-0.25, -0.2) is 4.68 Å². The first-order chi connectivity index (χ1) is 7.01. The van der Waals surface area contributed by atoms with Crippen LogP contribution in [0.3, 0.4) is 0 Å². The van der Waals surface area contributed by atoms with E-state index < -0.39 is 8.07 Å². The molecule has 0 aliphatic carbocycles.